The van der Waals surface area contributed by atoms with Gasteiger partial charge in [-0.3, -0.25) is 4.98 Å². The van der Waals surface area contributed by atoms with E-state index in [1.54, 1.807) is 13.1 Å². The molecule has 0 saturated heterocycles. The van der Waals surface area contributed by atoms with Crippen LogP contribution in [0.1, 0.15) is 42.6 Å². The van der Waals surface area contributed by atoms with E-state index in [9.17, 15) is 5.11 Å². The Labute approximate surface area is 107 Å². The number of aryl methyl sites for hydroxylation is 1. The van der Waals surface area contributed by atoms with E-state index < -0.39 is 6.10 Å². The molecule has 0 unspecified atom stereocenters. The monoisotopic (exact) mass is 245 g/mol. The fourth-order valence-corrected chi connectivity index (χ4v) is 2.21. The Balaban J connectivity index is 2.43. The molecule has 0 aromatic carbocycles. The summed E-state index contributed by atoms with van der Waals surface area (Å²) in [5, 5.41) is 14.0. The molecular weight excluding hydrogens is 226 g/mol. The summed E-state index contributed by atoms with van der Waals surface area (Å²) in [4.78, 5) is 4.25. The van der Waals surface area contributed by atoms with Crippen molar-refractivity contribution in [2.24, 2.45) is 0 Å². The van der Waals surface area contributed by atoms with Crippen molar-refractivity contribution >= 4 is 0 Å². The maximum atomic E-state index is 9.44. The van der Waals surface area contributed by atoms with Crippen LogP contribution in [0.25, 0.3) is 5.69 Å². The van der Waals surface area contributed by atoms with Gasteiger partial charge >= 0.3 is 0 Å². The highest BCUT2D eigenvalue weighted by Crippen LogP contribution is 2.18. The maximum Gasteiger partial charge on any atom is 0.0931 e. The highest BCUT2D eigenvalue weighted by Gasteiger charge is 2.11. The van der Waals surface area contributed by atoms with E-state index in [0.29, 0.717) is 5.69 Å². The first kappa shape index (κ1) is 12.8. The second kappa shape index (κ2) is 4.90. The summed E-state index contributed by atoms with van der Waals surface area (Å²) in [6.45, 7) is 7.94. The van der Waals surface area contributed by atoms with Crippen molar-refractivity contribution in [3.8, 4) is 5.69 Å². The Morgan fingerprint density at radius 2 is 2.06 bits per heavy atom. The Kier molecular flexibility index (Phi) is 3.48. The van der Waals surface area contributed by atoms with Gasteiger partial charge in [-0.25, -0.2) is 4.68 Å². The summed E-state index contributed by atoms with van der Waals surface area (Å²) in [6, 6.07) is 3.77. The summed E-state index contributed by atoms with van der Waals surface area (Å²) in [7, 11) is 0. The van der Waals surface area contributed by atoms with Gasteiger partial charge in [-0.15, -0.1) is 0 Å². The Morgan fingerprint density at radius 3 is 2.50 bits per heavy atom. The molecule has 0 saturated carbocycles. The molecule has 0 bridgehead atoms. The fourth-order valence-electron chi connectivity index (χ4n) is 2.21. The smallest absolute Gasteiger partial charge is 0.0931 e. The summed E-state index contributed by atoms with van der Waals surface area (Å²) < 4.78 is 1.91. The molecule has 96 valence electrons. The third kappa shape index (κ3) is 2.16. The first-order valence-corrected chi connectivity index (χ1v) is 6.24. The average Bonchev–Trinajstić information content (AvgIpc) is 2.64. The lowest BCUT2D eigenvalue weighted by molar-refractivity contribution is 0.194. The van der Waals surface area contributed by atoms with Crippen molar-refractivity contribution in [2.45, 2.75) is 40.2 Å². The maximum absolute atomic E-state index is 9.44. The second-order valence-electron chi connectivity index (χ2n) is 4.53. The Hall–Kier alpha value is -1.68. The molecule has 18 heavy (non-hydrogen) atoms. The zero-order chi connectivity index (χ0) is 13.3. The quantitative estimate of drug-likeness (QED) is 0.904. The van der Waals surface area contributed by atoms with Gasteiger partial charge in [0.2, 0.25) is 0 Å². The van der Waals surface area contributed by atoms with Crippen LogP contribution in [0.3, 0.4) is 0 Å². The third-order valence-electron chi connectivity index (χ3n) is 3.24. The number of nitrogens with zero attached hydrogens (tertiary/aromatic N) is 3. The van der Waals surface area contributed by atoms with Gasteiger partial charge < -0.3 is 5.11 Å². The van der Waals surface area contributed by atoms with Crippen molar-refractivity contribution < 1.29 is 5.11 Å². The van der Waals surface area contributed by atoms with Crippen molar-refractivity contribution in [2.75, 3.05) is 0 Å². The van der Waals surface area contributed by atoms with E-state index in [4.69, 9.17) is 0 Å². The van der Waals surface area contributed by atoms with E-state index in [0.717, 1.165) is 23.5 Å². The molecule has 0 aliphatic heterocycles. The highest BCUT2D eigenvalue weighted by atomic mass is 16.3. The van der Waals surface area contributed by atoms with Crippen LogP contribution >= 0.6 is 0 Å². The topological polar surface area (TPSA) is 50.9 Å². The molecule has 2 aromatic heterocycles. The lowest BCUT2D eigenvalue weighted by atomic mass is 10.1. The van der Waals surface area contributed by atoms with Crippen LogP contribution in [-0.2, 0) is 6.42 Å². The lowest BCUT2D eigenvalue weighted by Crippen LogP contribution is -2.02. The van der Waals surface area contributed by atoms with Crippen LogP contribution in [0.4, 0.5) is 0 Å². The summed E-state index contributed by atoms with van der Waals surface area (Å²) >= 11 is 0. The molecule has 1 N–H and O–H groups in total. The summed E-state index contributed by atoms with van der Waals surface area (Å²) in [6.07, 6.45) is 2.20. The number of pyridine rings is 1. The fraction of sp³-hybridized carbons (Fsp3) is 0.429. The molecule has 0 amide bonds. The van der Waals surface area contributed by atoms with E-state index in [1.807, 2.05) is 23.7 Å². The number of rotatable bonds is 3. The molecular formula is C14H19N3O. The highest BCUT2D eigenvalue weighted by molar-refractivity contribution is 5.36. The van der Waals surface area contributed by atoms with Crippen LogP contribution in [-0.4, -0.2) is 19.9 Å². The lowest BCUT2D eigenvalue weighted by Gasteiger charge is -2.07. The van der Waals surface area contributed by atoms with Gasteiger partial charge in [0, 0.05) is 5.69 Å². The van der Waals surface area contributed by atoms with Gasteiger partial charge in [-0.1, -0.05) is 6.92 Å². The molecule has 0 aliphatic rings. The zero-order valence-electron chi connectivity index (χ0n) is 11.3. The SMILES string of the molecule is CCc1c(C)nn(-c2ccc([C@@H](C)O)nc2)c1C. The standard InChI is InChI=1S/C14H19N3O/c1-5-13-9(2)16-17(10(13)3)12-6-7-14(11(4)18)15-8-12/h6-8,11,18H,5H2,1-4H3/t11-/m1/s1. The van der Waals surface area contributed by atoms with Gasteiger partial charge in [-0.05, 0) is 44.9 Å². The second-order valence-corrected chi connectivity index (χ2v) is 4.53. The van der Waals surface area contributed by atoms with Crippen molar-refractivity contribution in [1.29, 1.82) is 0 Å². The molecule has 0 fully saturated rings. The molecule has 0 radical (unpaired) electrons. The predicted octanol–water partition coefficient (Wildman–Crippen LogP) is 2.50. The number of aliphatic hydroxyl groups excluding tert-OH is 1. The number of hydrogen-bond donors (Lipinski definition) is 1. The van der Waals surface area contributed by atoms with Crippen LogP contribution in [0.5, 0.6) is 0 Å². The van der Waals surface area contributed by atoms with Crippen LogP contribution < -0.4 is 0 Å². The Morgan fingerprint density at radius 1 is 1.33 bits per heavy atom. The molecule has 2 rings (SSSR count). The minimum atomic E-state index is -0.536. The zero-order valence-corrected chi connectivity index (χ0v) is 11.3. The number of aliphatic hydroxyl groups is 1. The van der Waals surface area contributed by atoms with E-state index in [2.05, 4.69) is 23.9 Å². The summed E-state index contributed by atoms with van der Waals surface area (Å²) in [5.74, 6) is 0. The summed E-state index contributed by atoms with van der Waals surface area (Å²) in [5.41, 5.74) is 5.11. The number of aromatic nitrogens is 3. The van der Waals surface area contributed by atoms with Crippen LogP contribution in [0, 0.1) is 13.8 Å². The largest absolute Gasteiger partial charge is 0.387 e. The average molecular weight is 245 g/mol. The molecule has 1 atom stereocenters. The van der Waals surface area contributed by atoms with E-state index in [1.165, 1.54) is 5.56 Å². The van der Waals surface area contributed by atoms with Gasteiger partial charge in [0.15, 0.2) is 0 Å². The minimum absolute atomic E-state index is 0.536. The predicted molar refractivity (Wildman–Crippen MR) is 70.8 cm³/mol. The van der Waals surface area contributed by atoms with Crippen molar-refractivity contribution in [3.05, 3.63) is 41.0 Å². The van der Waals surface area contributed by atoms with Gasteiger partial charge in [0.1, 0.15) is 0 Å². The molecule has 4 nitrogen and oxygen atoms in total. The molecule has 2 heterocycles. The Bertz CT molecular complexity index is 541. The normalized spacial score (nSPS) is 12.7. The molecule has 4 heteroatoms. The van der Waals surface area contributed by atoms with Crippen molar-refractivity contribution in [3.63, 3.8) is 0 Å². The third-order valence-corrected chi connectivity index (χ3v) is 3.24. The minimum Gasteiger partial charge on any atom is -0.387 e. The first-order valence-electron chi connectivity index (χ1n) is 6.24. The number of hydrogen-bond acceptors (Lipinski definition) is 3. The van der Waals surface area contributed by atoms with Crippen LogP contribution in [0.2, 0.25) is 0 Å². The molecule has 0 spiro atoms. The van der Waals surface area contributed by atoms with Gasteiger partial charge in [0.25, 0.3) is 0 Å². The van der Waals surface area contributed by atoms with Crippen LogP contribution in [0.15, 0.2) is 18.3 Å². The molecule has 2 aromatic rings. The first-order chi connectivity index (χ1) is 8.54. The van der Waals surface area contributed by atoms with E-state index >= 15 is 0 Å². The van der Waals surface area contributed by atoms with Gasteiger partial charge in [-0.2, -0.15) is 5.10 Å². The van der Waals surface area contributed by atoms with Crippen molar-refractivity contribution in [1.82, 2.24) is 14.8 Å². The molecule has 0 aliphatic carbocycles. The van der Waals surface area contributed by atoms with E-state index in [-0.39, 0.29) is 0 Å². The van der Waals surface area contributed by atoms with Gasteiger partial charge in [0.05, 0.1) is 29.4 Å².